The van der Waals surface area contributed by atoms with Crippen LogP contribution >= 0.6 is 11.8 Å². The van der Waals surface area contributed by atoms with E-state index in [0.29, 0.717) is 12.3 Å². The summed E-state index contributed by atoms with van der Waals surface area (Å²) >= 11 is 1.52. The van der Waals surface area contributed by atoms with Crippen molar-refractivity contribution >= 4 is 23.8 Å². The minimum atomic E-state index is -1.08. The van der Waals surface area contributed by atoms with Crippen LogP contribution in [0, 0.1) is 11.6 Å². The second-order valence-corrected chi connectivity index (χ2v) is 10.2. The van der Waals surface area contributed by atoms with Crippen molar-refractivity contribution < 1.29 is 28.2 Å². The van der Waals surface area contributed by atoms with Crippen molar-refractivity contribution in [3.63, 3.8) is 0 Å². The molecule has 0 saturated heterocycles. The molecule has 0 aromatic heterocycles. The number of halogens is 2. The average molecular weight is 552 g/mol. The van der Waals surface area contributed by atoms with Gasteiger partial charge in [-0.1, -0.05) is 44.5 Å². The van der Waals surface area contributed by atoms with Gasteiger partial charge in [0.05, 0.1) is 19.3 Å². The van der Waals surface area contributed by atoms with E-state index in [-0.39, 0.29) is 18.5 Å². The summed E-state index contributed by atoms with van der Waals surface area (Å²) in [5.41, 5.74) is 2.54. The molecule has 38 heavy (non-hydrogen) atoms. The largest absolute Gasteiger partial charge is 0.453 e. The molecule has 0 aliphatic rings. The Morgan fingerprint density at radius 1 is 1.03 bits per heavy atom. The summed E-state index contributed by atoms with van der Waals surface area (Å²) < 4.78 is 32.3. The standard InChI is InChI=1S/C28H39F2N3O4S/c1-4-6-10-38-18-25(33-28(36)37-3)27(35)32-24(14-21-12-22(29)15-23(30)13-21)26(34)17-31-16-20-9-7-8-19(5-2)11-20/h7-9,11-13,15,24-26,31,34H,4-6,10,14,16-18H2,1-3H3,(H,32,35)(H,33,36)/t24-,25+,26+/m0/s1. The van der Waals surface area contributed by atoms with Crippen molar-refractivity contribution in [3.05, 3.63) is 70.8 Å². The molecule has 0 bridgehead atoms. The van der Waals surface area contributed by atoms with Gasteiger partial charge in [0.2, 0.25) is 5.91 Å². The Hall–Kier alpha value is -2.69. The van der Waals surface area contributed by atoms with Gasteiger partial charge in [-0.15, -0.1) is 0 Å². The molecule has 0 aliphatic heterocycles. The van der Waals surface area contributed by atoms with Gasteiger partial charge < -0.3 is 25.8 Å². The van der Waals surface area contributed by atoms with E-state index >= 15 is 0 Å². The first-order valence-corrected chi connectivity index (χ1v) is 14.0. The average Bonchev–Trinajstić information content (AvgIpc) is 2.89. The first-order valence-electron chi connectivity index (χ1n) is 12.9. The molecule has 0 radical (unpaired) electrons. The highest BCUT2D eigenvalue weighted by molar-refractivity contribution is 7.99. The van der Waals surface area contributed by atoms with E-state index in [1.54, 1.807) is 0 Å². The van der Waals surface area contributed by atoms with Crippen LogP contribution < -0.4 is 16.0 Å². The number of aryl methyl sites for hydroxylation is 1. The lowest BCUT2D eigenvalue weighted by Gasteiger charge is -2.27. The zero-order chi connectivity index (χ0) is 27.9. The fourth-order valence-corrected chi connectivity index (χ4v) is 4.98. The summed E-state index contributed by atoms with van der Waals surface area (Å²) in [4.78, 5) is 25.0. The Labute approximate surface area is 228 Å². The van der Waals surface area contributed by atoms with Gasteiger partial charge in [-0.3, -0.25) is 4.79 Å². The van der Waals surface area contributed by atoms with Crippen LogP contribution in [0.25, 0.3) is 0 Å². The predicted octanol–water partition coefficient (Wildman–Crippen LogP) is 3.96. The molecule has 2 amide bonds. The Bertz CT molecular complexity index is 1010. The number of aliphatic hydroxyl groups is 1. The number of thioether (sulfide) groups is 1. The maximum absolute atomic E-state index is 13.8. The lowest BCUT2D eigenvalue weighted by Crippen LogP contribution is -2.55. The number of carbonyl (C=O) groups excluding carboxylic acids is 2. The van der Waals surface area contributed by atoms with Crippen molar-refractivity contribution in [1.82, 2.24) is 16.0 Å². The molecule has 0 heterocycles. The summed E-state index contributed by atoms with van der Waals surface area (Å²) in [5, 5.41) is 19.5. The molecule has 4 N–H and O–H groups in total. The van der Waals surface area contributed by atoms with Gasteiger partial charge in [0, 0.05) is 24.9 Å². The molecule has 0 saturated carbocycles. The third-order valence-electron chi connectivity index (χ3n) is 5.97. The number of methoxy groups -OCH3 is 1. The molecule has 0 aliphatic carbocycles. The van der Waals surface area contributed by atoms with Gasteiger partial charge in [-0.05, 0) is 53.8 Å². The first kappa shape index (κ1) is 31.5. The Balaban J connectivity index is 2.13. The number of ether oxygens (including phenoxy) is 1. The normalized spacial score (nSPS) is 13.4. The summed E-state index contributed by atoms with van der Waals surface area (Å²) in [7, 11) is 1.21. The summed E-state index contributed by atoms with van der Waals surface area (Å²) in [6.07, 6.45) is 1.04. The fraction of sp³-hybridized carbons (Fsp3) is 0.500. The van der Waals surface area contributed by atoms with E-state index in [1.165, 1.54) is 36.6 Å². The number of amides is 2. The van der Waals surface area contributed by atoms with Gasteiger partial charge in [-0.2, -0.15) is 11.8 Å². The van der Waals surface area contributed by atoms with E-state index < -0.39 is 41.8 Å². The molecule has 2 aromatic carbocycles. The molecule has 3 atom stereocenters. The van der Waals surface area contributed by atoms with E-state index in [1.807, 2.05) is 18.2 Å². The lowest BCUT2D eigenvalue weighted by atomic mass is 10.00. The Kier molecular flexibility index (Phi) is 14.1. The molecule has 0 spiro atoms. The zero-order valence-electron chi connectivity index (χ0n) is 22.3. The zero-order valence-corrected chi connectivity index (χ0v) is 23.1. The Morgan fingerprint density at radius 2 is 1.74 bits per heavy atom. The van der Waals surface area contributed by atoms with Gasteiger partial charge in [0.25, 0.3) is 0 Å². The van der Waals surface area contributed by atoms with Crippen LogP contribution in [0.4, 0.5) is 13.6 Å². The molecule has 0 unspecified atom stereocenters. The van der Waals surface area contributed by atoms with Crippen LogP contribution in [0.2, 0.25) is 0 Å². The number of rotatable bonds is 16. The van der Waals surface area contributed by atoms with Crippen molar-refractivity contribution in [2.45, 2.75) is 64.3 Å². The number of hydrogen-bond donors (Lipinski definition) is 4. The van der Waals surface area contributed by atoms with Crippen molar-refractivity contribution in [3.8, 4) is 0 Å². The van der Waals surface area contributed by atoms with Crippen LogP contribution in [0.1, 0.15) is 43.4 Å². The van der Waals surface area contributed by atoms with Gasteiger partial charge in [-0.25, -0.2) is 13.6 Å². The van der Waals surface area contributed by atoms with Crippen molar-refractivity contribution in [2.24, 2.45) is 0 Å². The molecule has 2 aromatic rings. The van der Waals surface area contributed by atoms with Crippen molar-refractivity contribution in [2.75, 3.05) is 25.2 Å². The minimum absolute atomic E-state index is 0.0114. The van der Waals surface area contributed by atoms with Gasteiger partial charge in [0.1, 0.15) is 17.7 Å². The maximum atomic E-state index is 13.8. The van der Waals surface area contributed by atoms with Crippen LogP contribution in [0.15, 0.2) is 42.5 Å². The number of alkyl carbamates (subject to hydrolysis) is 1. The van der Waals surface area contributed by atoms with Crippen LogP contribution in [-0.2, 0) is 28.9 Å². The highest BCUT2D eigenvalue weighted by Gasteiger charge is 2.27. The second kappa shape index (κ2) is 17.0. The number of benzene rings is 2. The highest BCUT2D eigenvalue weighted by atomic mass is 32.2. The fourth-order valence-electron chi connectivity index (χ4n) is 3.85. The highest BCUT2D eigenvalue weighted by Crippen LogP contribution is 2.14. The summed E-state index contributed by atoms with van der Waals surface area (Å²) in [6, 6.07) is 9.40. The first-order chi connectivity index (χ1) is 18.2. The van der Waals surface area contributed by atoms with Crippen LogP contribution in [0.3, 0.4) is 0 Å². The minimum Gasteiger partial charge on any atom is -0.453 e. The smallest absolute Gasteiger partial charge is 0.407 e. The molecule has 7 nitrogen and oxygen atoms in total. The van der Waals surface area contributed by atoms with E-state index in [4.69, 9.17) is 0 Å². The van der Waals surface area contributed by atoms with Crippen molar-refractivity contribution in [1.29, 1.82) is 0 Å². The number of unbranched alkanes of at least 4 members (excludes halogenated alkanes) is 1. The van der Waals surface area contributed by atoms with Crippen LogP contribution in [-0.4, -0.2) is 60.5 Å². The van der Waals surface area contributed by atoms with Crippen LogP contribution in [0.5, 0.6) is 0 Å². The third kappa shape index (κ3) is 11.4. The molecule has 0 fully saturated rings. The molecule has 10 heteroatoms. The summed E-state index contributed by atoms with van der Waals surface area (Å²) in [5.74, 6) is -0.876. The van der Waals surface area contributed by atoms with E-state index in [9.17, 15) is 23.5 Å². The van der Waals surface area contributed by atoms with E-state index in [0.717, 1.165) is 36.6 Å². The number of nitrogens with one attached hydrogen (secondary N) is 3. The SMILES string of the molecule is CCCCSC[C@@H](NC(=O)OC)C(=O)N[C@@H](Cc1cc(F)cc(F)c1)[C@H](O)CNCc1cccc(CC)c1. The summed E-state index contributed by atoms with van der Waals surface area (Å²) in [6.45, 7) is 4.76. The number of aliphatic hydroxyl groups excluding tert-OH is 1. The number of carbonyl (C=O) groups is 2. The molecule has 210 valence electrons. The monoisotopic (exact) mass is 551 g/mol. The third-order valence-corrected chi connectivity index (χ3v) is 7.12. The van der Waals surface area contributed by atoms with Gasteiger partial charge >= 0.3 is 6.09 Å². The Morgan fingerprint density at radius 3 is 2.39 bits per heavy atom. The lowest BCUT2D eigenvalue weighted by molar-refractivity contribution is -0.124. The number of hydrogen-bond acceptors (Lipinski definition) is 6. The molecular formula is C28H39F2N3O4S. The topological polar surface area (TPSA) is 99.7 Å². The molecule has 2 rings (SSSR count). The van der Waals surface area contributed by atoms with Gasteiger partial charge in [0.15, 0.2) is 0 Å². The maximum Gasteiger partial charge on any atom is 0.407 e. The molecular weight excluding hydrogens is 512 g/mol. The van der Waals surface area contributed by atoms with E-state index in [2.05, 4.69) is 40.6 Å². The predicted molar refractivity (Wildman–Crippen MR) is 147 cm³/mol. The second-order valence-electron chi connectivity index (χ2n) is 9.09. The quantitative estimate of drug-likeness (QED) is 0.236.